The average Bonchev–Trinajstić information content (AvgIpc) is 2.43. The van der Waals surface area contributed by atoms with Gasteiger partial charge in [-0.3, -0.25) is 0 Å². The van der Waals surface area contributed by atoms with Crippen LogP contribution in [0.3, 0.4) is 0 Å². The molecule has 0 amide bonds. The first kappa shape index (κ1) is 17.9. The fourth-order valence-electron chi connectivity index (χ4n) is 1.78. The highest BCUT2D eigenvalue weighted by atomic mass is 35.7. The normalized spacial score (nSPS) is 11.4. The minimum Gasteiger partial charge on any atom is -0.462 e. The van der Waals surface area contributed by atoms with Crippen LogP contribution in [0.4, 0.5) is 0 Å². The maximum absolute atomic E-state index is 11.9. The number of methoxy groups -OCH3 is 1. The zero-order valence-electron chi connectivity index (χ0n) is 12.1. The summed E-state index contributed by atoms with van der Waals surface area (Å²) in [6.07, 6.45) is 2.78. The van der Waals surface area contributed by atoms with E-state index in [-0.39, 0.29) is 17.1 Å². The summed E-state index contributed by atoms with van der Waals surface area (Å²) < 4.78 is 33.1. The van der Waals surface area contributed by atoms with E-state index < -0.39 is 15.0 Å². The summed E-state index contributed by atoms with van der Waals surface area (Å²) in [5.41, 5.74) is 0.556. The maximum atomic E-state index is 11.9. The van der Waals surface area contributed by atoms with E-state index in [1.807, 2.05) is 6.92 Å². The summed E-state index contributed by atoms with van der Waals surface area (Å²) >= 11 is 0. The molecule has 1 rings (SSSR count). The maximum Gasteiger partial charge on any atom is 0.338 e. The van der Waals surface area contributed by atoms with E-state index in [4.69, 9.17) is 20.2 Å². The van der Waals surface area contributed by atoms with Gasteiger partial charge in [0.15, 0.2) is 0 Å². The van der Waals surface area contributed by atoms with E-state index in [2.05, 4.69) is 0 Å². The lowest BCUT2D eigenvalue weighted by Crippen LogP contribution is -2.09. The van der Waals surface area contributed by atoms with Crippen LogP contribution < -0.4 is 0 Å². The van der Waals surface area contributed by atoms with E-state index >= 15 is 0 Å². The van der Waals surface area contributed by atoms with Gasteiger partial charge in [-0.2, -0.15) is 0 Å². The molecule has 0 radical (unpaired) electrons. The molecule has 0 unspecified atom stereocenters. The molecular weight excluding hydrogens is 316 g/mol. The Morgan fingerprint density at radius 1 is 1.29 bits per heavy atom. The van der Waals surface area contributed by atoms with Crippen molar-refractivity contribution in [3.63, 3.8) is 0 Å². The van der Waals surface area contributed by atoms with Gasteiger partial charge in [-0.1, -0.05) is 25.8 Å². The van der Waals surface area contributed by atoms with Crippen LogP contribution in [0.2, 0.25) is 0 Å². The Bertz CT molecular complexity index is 583. The fourth-order valence-corrected chi connectivity index (χ4v) is 2.92. The Hall–Kier alpha value is -1.11. The molecule has 0 heterocycles. The van der Waals surface area contributed by atoms with Crippen molar-refractivity contribution >= 4 is 25.7 Å². The van der Waals surface area contributed by atoms with Crippen molar-refractivity contribution in [2.45, 2.75) is 37.7 Å². The van der Waals surface area contributed by atoms with Crippen molar-refractivity contribution in [3.8, 4) is 0 Å². The van der Waals surface area contributed by atoms with E-state index in [0.717, 1.165) is 19.3 Å². The topological polar surface area (TPSA) is 69.7 Å². The van der Waals surface area contributed by atoms with Crippen molar-refractivity contribution in [3.05, 3.63) is 29.3 Å². The second kappa shape index (κ2) is 8.36. The van der Waals surface area contributed by atoms with Crippen molar-refractivity contribution in [1.82, 2.24) is 0 Å². The lowest BCUT2D eigenvalue weighted by atomic mass is 10.1. The summed E-state index contributed by atoms with van der Waals surface area (Å²) in [6.45, 7) is 2.45. The second-order valence-electron chi connectivity index (χ2n) is 4.54. The standard InChI is InChI=1S/C14H19ClO5S/c1-3-4-5-8-20-14(16)11-6-7-12(10-19-2)13(9-11)21(15,17)18/h6-7,9H,3-5,8,10H2,1-2H3. The summed E-state index contributed by atoms with van der Waals surface area (Å²) in [6, 6.07) is 4.22. The van der Waals surface area contributed by atoms with Crippen LogP contribution in [0.15, 0.2) is 23.1 Å². The third-order valence-electron chi connectivity index (χ3n) is 2.85. The Labute approximate surface area is 129 Å². The smallest absolute Gasteiger partial charge is 0.338 e. The molecule has 5 nitrogen and oxygen atoms in total. The molecule has 1 aromatic carbocycles. The van der Waals surface area contributed by atoms with Gasteiger partial charge in [0.1, 0.15) is 0 Å². The highest BCUT2D eigenvalue weighted by Crippen LogP contribution is 2.23. The number of unbranched alkanes of at least 4 members (excludes halogenated alkanes) is 2. The number of carbonyl (C=O) groups excluding carboxylic acids is 1. The fraction of sp³-hybridized carbons (Fsp3) is 0.500. The Balaban J connectivity index is 2.92. The minimum absolute atomic E-state index is 0.0904. The van der Waals surface area contributed by atoms with Crippen LogP contribution in [0, 0.1) is 0 Å². The van der Waals surface area contributed by atoms with Gasteiger partial charge < -0.3 is 9.47 Å². The third kappa shape index (κ3) is 5.65. The molecule has 0 fully saturated rings. The van der Waals surface area contributed by atoms with E-state index in [0.29, 0.717) is 12.2 Å². The van der Waals surface area contributed by atoms with Crippen LogP contribution in [0.25, 0.3) is 0 Å². The van der Waals surface area contributed by atoms with Gasteiger partial charge in [0.2, 0.25) is 0 Å². The van der Waals surface area contributed by atoms with Crippen molar-refractivity contribution < 1.29 is 22.7 Å². The van der Waals surface area contributed by atoms with E-state index in [1.165, 1.54) is 25.3 Å². The minimum atomic E-state index is -3.96. The lowest BCUT2D eigenvalue weighted by molar-refractivity contribution is 0.0497. The lowest BCUT2D eigenvalue weighted by Gasteiger charge is -2.09. The Morgan fingerprint density at radius 3 is 2.57 bits per heavy atom. The molecule has 0 spiro atoms. The van der Waals surface area contributed by atoms with Crippen LogP contribution in [0.1, 0.15) is 42.1 Å². The molecule has 0 aliphatic carbocycles. The number of halogens is 1. The molecule has 118 valence electrons. The molecule has 0 atom stereocenters. The first-order valence-electron chi connectivity index (χ1n) is 6.63. The zero-order chi connectivity index (χ0) is 15.9. The van der Waals surface area contributed by atoms with Gasteiger partial charge in [-0.25, -0.2) is 13.2 Å². The summed E-state index contributed by atoms with van der Waals surface area (Å²) in [4.78, 5) is 11.7. The summed E-state index contributed by atoms with van der Waals surface area (Å²) in [7, 11) is 2.87. The van der Waals surface area contributed by atoms with Crippen LogP contribution in [-0.4, -0.2) is 28.1 Å². The largest absolute Gasteiger partial charge is 0.462 e. The predicted octanol–water partition coefficient (Wildman–Crippen LogP) is 3.11. The van der Waals surface area contributed by atoms with Gasteiger partial charge in [-0.05, 0) is 24.1 Å². The molecule has 0 saturated heterocycles. The highest BCUT2D eigenvalue weighted by Gasteiger charge is 2.19. The summed E-state index contributed by atoms with van der Waals surface area (Å²) in [5.74, 6) is -0.559. The second-order valence-corrected chi connectivity index (χ2v) is 7.07. The number of rotatable bonds is 8. The first-order chi connectivity index (χ1) is 9.90. The van der Waals surface area contributed by atoms with Crippen molar-refractivity contribution in [2.75, 3.05) is 13.7 Å². The predicted molar refractivity (Wildman–Crippen MR) is 80.0 cm³/mol. The van der Waals surface area contributed by atoms with Crippen molar-refractivity contribution in [2.24, 2.45) is 0 Å². The number of hydrogen-bond donors (Lipinski definition) is 0. The molecule has 0 bridgehead atoms. The molecule has 7 heteroatoms. The Kier molecular flexibility index (Phi) is 7.14. The molecule has 1 aromatic rings. The van der Waals surface area contributed by atoms with E-state index in [9.17, 15) is 13.2 Å². The van der Waals surface area contributed by atoms with Crippen LogP contribution in [-0.2, 0) is 25.1 Å². The van der Waals surface area contributed by atoms with Gasteiger partial charge in [-0.15, -0.1) is 0 Å². The molecule has 0 saturated carbocycles. The third-order valence-corrected chi connectivity index (χ3v) is 4.25. The number of esters is 1. The zero-order valence-corrected chi connectivity index (χ0v) is 13.7. The first-order valence-corrected chi connectivity index (χ1v) is 8.94. The number of ether oxygens (including phenoxy) is 2. The summed E-state index contributed by atoms with van der Waals surface area (Å²) in [5, 5.41) is 0. The molecule has 21 heavy (non-hydrogen) atoms. The number of hydrogen-bond acceptors (Lipinski definition) is 5. The highest BCUT2D eigenvalue weighted by molar-refractivity contribution is 8.13. The van der Waals surface area contributed by atoms with Crippen LogP contribution in [0.5, 0.6) is 0 Å². The molecule has 0 N–H and O–H groups in total. The van der Waals surface area contributed by atoms with E-state index in [1.54, 1.807) is 0 Å². The molecule has 0 aliphatic rings. The van der Waals surface area contributed by atoms with Gasteiger partial charge >= 0.3 is 5.97 Å². The van der Waals surface area contributed by atoms with Gasteiger partial charge in [0, 0.05) is 17.8 Å². The SMILES string of the molecule is CCCCCOC(=O)c1ccc(COC)c(S(=O)(=O)Cl)c1. The van der Waals surface area contributed by atoms with Crippen molar-refractivity contribution in [1.29, 1.82) is 0 Å². The molecule has 0 aromatic heterocycles. The average molecular weight is 335 g/mol. The Morgan fingerprint density at radius 2 is 2.00 bits per heavy atom. The monoisotopic (exact) mass is 334 g/mol. The number of benzene rings is 1. The molecular formula is C14H19ClO5S. The quantitative estimate of drug-likeness (QED) is 0.415. The molecule has 0 aliphatic heterocycles. The number of carbonyl (C=O) groups is 1. The van der Waals surface area contributed by atoms with Gasteiger partial charge in [0.05, 0.1) is 23.7 Å². The van der Waals surface area contributed by atoms with Crippen LogP contribution >= 0.6 is 10.7 Å². The van der Waals surface area contributed by atoms with Gasteiger partial charge in [0.25, 0.3) is 9.05 Å².